The number of rotatable bonds is 9. The zero-order chi connectivity index (χ0) is 25.4. The number of methoxy groups -OCH3 is 1. The number of anilines is 1. The minimum atomic E-state index is -0.483. The molecule has 0 atom stereocenters. The Morgan fingerprint density at radius 3 is 2.49 bits per heavy atom. The summed E-state index contributed by atoms with van der Waals surface area (Å²) in [6, 6.07) is 18.6. The van der Waals surface area contributed by atoms with E-state index < -0.39 is 5.91 Å². The van der Waals surface area contributed by atoms with Crippen molar-refractivity contribution in [1.29, 1.82) is 5.26 Å². The highest BCUT2D eigenvalue weighted by Crippen LogP contribution is 2.35. The lowest BCUT2D eigenvalue weighted by atomic mass is 10.0. The Labute approximate surface area is 211 Å². The first-order valence-electron chi connectivity index (χ1n) is 11.0. The molecule has 0 spiro atoms. The number of carbonyl (C=O) groups is 1. The summed E-state index contributed by atoms with van der Waals surface area (Å²) < 4.78 is 11.7. The van der Waals surface area contributed by atoms with Crippen molar-refractivity contribution in [3.05, 3.63) is 106 Å². The van der Waals surface area contributed by atoms with Crippen LogP contribution in [-0.2, 0) is 17.8 Å². The van der Waals surface area contributed by atoms with Crippen LogP contribution >= 0.6 is 11.6 Å². The number of nitrogens with zero attached hydrogens (tertiary/aromatic N) is 1. The van der Waals surface area contributed by atoms with Crippen molar-refractivity contribution in [2.75, 3.05) is 12.4 Å². The third-order valence-corrected chi connectivity index (χ3v) is 5.73. The zero-order valence-corrected chi connectivity index (χ0v) is 20.8. The van der Waals surface area contributed by atoms with Gasteiger partial charge in [0.15, 0.2) is 11.5 Å². The molecule has 0 radical (unpaired) electrons. The molecule has 0 unspecified atom stereocenters. The van der Waals surface area contributed by atoms with Gasteiger partial charge in [0.2, 0.25) is 0 Å². The lowest BCUT2D eigenvalue weighted by Crippen LogP contribution is -2.13. The van der Waals surface area contributed by atoms with Crippen LogP contribution in [0.25, 0.3) is 6.08 Å². The van der Waals surface area contributed by atoms with Crippen LogP contribution in [0, 0.1) is 25.2 Å². The Bertz CT molecular complexity index is 1300. The first kappa shape index (κ1) is 25.6. The number of nitriles is 1. The summed E-state index contributed by atoms with van der Waals surface area (Å²) in [6.45, 7) is 8.13. The largest absolute Gasteiger partial charge is 0.493 e. The average molecular weight is 487 g/mol. The van der Waals surface area contributed by atoms with Crippen molar-refractivity contribution < 1.29 is 14.3 Å². The van der Waals surface area contributed by atoms with E-state index in [1.807, 2.05) is 68.4 Å². The number of allylic oxidation sites excluding steroid dienone is 1. The molecule has 0 heterocycles. The van der Waals surface area contributed by atoms with Crippen molar-refractivity contribution >= 4 is 29.3 Å². The molecule has 0 aliphatic heterocycles. The Balaban J connectivity index is 1.89. The normalized spacial score (nSPS) is 10.9. The van der Waals surface area contributed by atoms with Crippen LogP contribution in [0.5, 0.6) is 11.5 Å². The molecule has 0 aliphatic rings. The number of hydrogen-bond donors (Lipinski definition) is 1. The minimum absolute atomic E-state index is 0.0235. The predicted molar refractivity (Wildman–Crippen MR) is 141 cm³/mol. The Kier molecular flexibility index (Phi) is 8.72. The molecule has 1 amide bonds. The van der Waals surface area contributed by atoms with E-state index in [9.17, 15) is 10.1 Å². The number of ether oxygens (including phenoxy) is 2. The number of aryl methyl sites for hydroxylation is 2. The van der Waals surface area contributed by atoms with Gasteiger partial charge >= 0.3 is 0 Å². The fourth-order valence-electron chi connectivity index (χ4n) is 3.46. The van der Waals surface area contributed by atoms with Gasteiger partial charge in [-0.1, -0.05) is 35.9 Å². The van der Waals surface area contributed by atoms with Crippen LogP contribution in [0.3, 0.4) is 0 Å². The van der Waals surface area contributed by atoms with E-state index in [1.54, 1.807) is 19.3 Å². The molecule has 0 bridgehead atoms. The van der Waals surface area contributed by atoms with E-state index in [0.717, 1.165) is 22.3 Å². The highest BCUT2D eigenvalue weighted by Gasteiger charge is 2.15. The van der Waals surface area contributed by atoms with Crippen LogP contribution in [0.2, 0.25) is 5.02 Å². The van der Waals surface area contributed by atoms with Crippen molar-refractivity contribution in [2.24, 2.45) is 0 Å². The third-order valence-electron chi connectivity index (χ3n) is 5.48. The van der Waals surface area contributed by atoms with Gasteiger partial charge in [0.1, 0.15) is 18.2 Å². The second-order valence-electron chi connectivity index (χ2n) is 8.04. The summed E-state index contributed by atoms with van der Waals surface area (Å²) >= 11 is 5.97. The first-order valence-corrected chi connectivity index (χ1v) is 11.4. The zero-order valence-electron chi connectivity index (χ0n) is 20.0. The van der Waals surface area contributed by atoms with Gasteiger partial charge in [0.05, 0.1) is 7.11 Å². The van der Waals surface area contributed by atoms with Crippen LogP contribution in [0.4, 0.5) is 5.69 Å². The summed E-state index contributed by atoms with van der Waals surface area (Å²) in [7, 11) is 1.55. The minimum Gasteiger partial charge on any atom is -0.493 e. The quantitative estimate of drug-likeness (QED) is 0.204. The second kappa shape index (κ2) is 11.9. The molecule has 3 aromatic rings. The SMILES string of the molecule is C=CCc1cc(/C=C(\C#N)C(=O)Nc2ccc(C)c(C)c2)cc(OC)c1OCc1ccc(Cl)cc1. The van der Waals surface area contributed by atoms with Crippen molar-refractivity contribution in [3.63, 3.8) is 0 Å². The van der Waals surface area contributed by atoms with E-state index in [-0.39, 0.29) is 5.57 Å². The molecule has 0 fully saturated rings. The van der Waals surface area contributed by atoms with E-state index in [2.05, 4.69) is 11.9 Å². The molecule has 0 saturated carbocycles. The predicted octanol–water partition coefficient (Wildman–Crippen LogP) is 6.82. The lowest BCUT2D eigenvalue weighted by Gasteiger charge is -2.16. The Morgan fingerprint density at radius 2 is 1.86 bits per heavy atom. The number of nitrogens with one attached hydrogen (secondary N) is 1. The highest BCUT2D eigenvalue weighted by atomic mass is 35.5. The fraction of sp³-hybridized carbons (Fsp3) is 0.172. The van der Waals surface area contributed by atoms with E-state index >= 15 is 0 Å². The molecule has 0 aromatic heterocycles. The van der Waals surface area contributed by atoms with Crippen LogP contribution in [0.15, 0.2) is 72.8 Å². The molecule has 178 valence electrons. The lowest BCUT2D eigenvalue weighted by molar-refractivity contribution is -0.112. The maximum Gasteiger partial charge on any atom is 0.266 e. The molecule has 6 heteroatoms. The van der Waals surface area contributed by atoms with Gasteiger partial charge < -0.3 is 14.8 Å². The summed E-state index contributed by atoms with van der Waals surface area (Å²) in [4.78, 5) is 12.8. The summed E-state index contributed by atoms with van der Waals surface area (Å²) in [5, 5.41) is 13.1. The Morgan fingerprint density at radius 1 is 1.11 bits per heavy atom. The second-order valence-corrected chi connectivity index (χ2v) is 8.48. The molecule has 3 rings (SSSR count). The van der Waals surface area contributed by atoms with Gasteiger partial charge in [-0.05, 0) is 85.0 Å². The van der Waals surface area contributed by atoms with Crippen molar-refractivity contribution in [3.8, 4) is 17.6 Å². The smallest absolute Gasteiger partial charge is 0.266 e. The van der Waals surface area contributed by atoms with Crippen LogP contribution in [0.1, 0.15) is 27.8 Å². The van der Waals surface area contributed by atoms with Gasteiger partial charge in [0.25, 0.3) is 5.91 Å². The molecule has 35 heavy (non-hydrogen) atoms. The fourth-order valence-corrected chi connectivity index (χ4v) is 3.58. The summed E-state index contributed by atoms with van der Waals surface area (Å²) in [6.07, 6.45) is 3.81. The summed E-state index contributed by atoms with van der Waals surface area (Å²) in [5.41, 5.74) is 5.22. The van der Waals surface area contributed by atoms with Crippen molar-refractivity contribution in [1.82, 2.24) is 0 Å². The first-order chi connectivity index (χ1) is 16.8. The standard InChI is InChI=1S/C29H27ClN2O3/c1-5-6-23-14-22(15-24(17-31)29(33)32-26-12-7-19(2)20(3)13-26)16-27(34-4)28(23)35-18-21-8-10-25(30)11-9-21/h5,7-16H,1,6,18H2,2-4H3,(H,32,33)/b24-15+. The third kappa shape index (κ3) is 6.75. The van der Waals surface area contributed by atoms with Gasteiger partial charge in [-0.15, -0.1) is 6.58 Å². The molecule has 0 saturated heterocycles. The highest BCUT2D eigenvalue weighted by molar-refractivity contribution is 6.30. The molecule has 0 aliphatic carbocycles. The van der Waals surface area contributed by atoms with E-state index in [0.29, 0.717) is 40.8 Å². The van der Waals surface area contributed by atoms with Gasteiger partial charge in [-0.2, -0.15) is 5.26 Å². The monoisotopic (exact) mass is 486 g/mol. The maximum absolute atomic E-state index is 12.8. The van der Waals surface area contributed by atoms with Crippen LogP contribution < -0.4 is 14.8 Å². The number of hydrogen-bond acceptors (Lipinski definition) is 4. The molecular weight excluding hydrogens is 460 g/mol. The molecule has 3 aromatic carbocycles. The average Bonchev–Trinajstić information content (AvgIpc) is 2.85. The molecular formula is C29H27ClN2O3. The van der Waals surface area contributed by atoms with E-state index in [1.165, 1.54) is 6.08 Å². The maximum atomic E-state index is 12.8. The van der Waals surface area contributed by atoms with Crippen LogP contribution in [-0.4, -0.2) is 13.0 Å². The van der Waals surface area contributed by atoms with E-state index in [4.69, 9.17) is 21.1 Å². The number of benzene rings is 3. The molecule has 5 nitrogen and oxygen atoms in total. The van der Waals surface area contributed by atoms with Gasteiger partial charge in [-0.3, -0.25) is 4.79 Å². The van der Waals surface area contributed by atoms with Gasteiger partial charge in [0, 0.05) is 16.3 Å². The molecule has 1 N–H and O–H groups in total. The number of carbonyl (C=O) groups excluding carboxylic acids is 1. The van der Waals surface area contributed by atoms with Crippen molar-refractivity contribution in [2.45, 2.75) is 26.9 Å². The Hall–Kier alpha value is -4.01. The number of halogens is 1. The summed E-state index contributed by atoms with van der Waals surface area (Å²) in [5.74, 6) is 0.595. The van der Waals surface area contributed by atoms with Gasteiger partial charge in [-0.25, -0.2) is 0 Å². The number of amides is 1. The topological polar surface area (TPSA) is 71.4 Å².